The molecule has 0 aromatic carbocycles. The van der Waals surface area contributed by atoms with Gasteiger partial charge in [0, 0.05) is 23.5 Å². The molecule has 0 aliphatic heterocycles. The molecule has 0 radical (unpaired) electrons. The van der Waals surface area contributed by atoms with E-state index in [2.05, 4.69) is 21.5 Å². The van der Waals surface area contributed by atoms with E-state index in [0.717, 1.165) is 47.2 Å². The molecule has 3 atom stereocenters. The highest BCUT2D eigenvalue weighted by atomic mass is 16.1. The van der Waals surface area contributed by atoms with E-state index in [1.165, 1.54) is 0 Å². The highest BCUT2D eigenvalue weighted by molar-refractivity contribution is 6.01. The maximum atomic E-state index is 11.7. The van der Waals surface area contributed by atoms with Gasteiger partial charge in [0.15, 0.2) is 0 Å². The second-order valence-electron chi connectivity index (χ2n) is 6.57. The number of imidazole rings is 1. The minimum absolute atomic E-state index is 0.0367. The fourth-order valence-electron chi connectivity index (χ4n) is 4.20. The van der Waals surface area contributed by atoms with Gasteiger partial charge in [-0.1, -0.05) is 13.3 Å². The Bertz CT molecular complexity index is 893. The molecule has 4 rings (SSSR count). The van der Waals surface area contributed by atoms with Crippen molar-refractivity contribution in [1.82, 2.24) is 19.5 Å². The molecule has 0 saturated heterocycles. The zero-order valence-electron chi connectivity index (χ0n) is 13.4. The molecule has 1 saturated carbocycles. The summed E-state index contributed by atoms with van der Waals surface area (Å²) in [6.45, 7) is 4.21. The topological polar surface area (TPSA) is 89.6 Å². The second kappa shape index (κ2) is 5.08. The van der Waals surface area contributed by atoms with Crippen LogP contribution in [0.1, 0.15) is 38.1 Å². The lowest BCUT2D eigenvalue weighted by Crippen LogP contribution is -2.21. The third kappa shape index (κ3) is 2.04. The van der Waals surface area contributed by atoms with Crippen molar-refractivity contribution in [3.8, 4) is 0 Å². The van der Waals surface area contributed by atoms with Crippen molar-refractivity contribution in [3.63, 3.8) is 0 Å². The number of rotatable bonds is 3. The van der Waals surface area contributed by atoms with Crippen molar-refractivity contribution >= 4 is 28.0 Å². The Labute approximate surface area is 134 Å². The minimum atomic E-state index is -0.179. The molecule has 3 heterocycles. The fourth-order valence-corrected chi connectivity index (χ4v) is 4.20. The second-order valence-corrected chi connectivity index (χ2v) is 6.57. The predicted molar refractivity (Wildman–Crippen MR) is 88.9 cm³/mol. The number of amides is 1. The van der Waals surface area contributed by atoms with Crippen LogP contribution in [0.4, 0.5) is 0 Å². The Balaban J connectivity index is 1.92. The first-order chi connectivity index (χ1) is 11.1. The van der Waals surface area contributed by atoms with Gasteiger partial charge >= 0.3 is 0 Å². The molecule has 3 aromatic heterocycles. The SMILES string of the molecule is CC[C@@H]1C[C@H](C(N)=O)C[C@@H]1n1c(C)nc2cnc3[nH]ccc3c21. The molecule has 1 aliphatic carbocycles. The number of nitrogens with two attached hydrogens (primary N) is 1. The monoisotopic (exact) mass is 311 g/mol. The average molecular weight is 311 g/mol. The highest BCUT2D eigenvalue weighted by Gasteiger charge is 2.38. The number of carbonyl (C=O) groups excluding carboxylic acids is 1. The van der Waals surface area contributed by atoms with Crippen LogP contribution in [0.2, 0.25) is 0 Å². The molecule has 1 aliphatic rings. The van der Waals surface area contributed by atoms with E-state index in [4.69, 9.17) is 10.7 Å². The van der Waals surface area contributed by atoms with E-state index in [9.17, 15) is 4.79 Å². The van der Waals surface area contributed by atoms with Crippen molar-refractivity contribution in [1.29, 1.82) is 0 Å². The van der Waals surface area contributed by atoms with Gasteiger partial charge in [-0.25, -0.2) is 9.97 Å². The summed E-state index contributed by atoms with van der Waals surface area (Å²) in [5.41, 5.74) is 8.47. The summed E-state index contributed by atoms with van der Waals surface area (Å²) in [4.78, 5) is 24.0. The Morgan fingerprint density at radius 3 is 3.04 bits per heavy atom. The van der Waals surface area contributed by atoms with Crippen molar-refractivity contribution in [3.05, 3.63) is 24.3 Å². The van der Waals surface area contributed by atoms with Gasteiger partial charge in [0.05, 0.1) is 11.7 Å². The normalized spacial score (nSPS) is 24.7. The van der Waals surface area contributed by atoms with Crippen molar-refractivity contribution in [2.45, 2.75) is 39.2 Å². The number of nitrogens with zero attached hydrogens (tertiary/aromatic N) is 3. The van der Waals surface area contributed by atoms with Gasteiger partial charge in [0.2, 0.25) is 5.91 Å². The molecule has 1 amide bonds. The molecule has 0 spiro atoms. The molecular formula is C17H21N5O. The Hall–Kier alpha value is -2.37. The van der Waals surface area contributed by atoms with Gasteiger partial charge in [0.1, 0.15) is 17.0 Å². The van der Waals surface area contributed by atoms with Crippen LogP contribution in [0.25, 0.3) is 22.1 Å². The van der Waals surface area contributed by atoms with Crippen LogP contribution in [0, 0.1) is 18.8 Å². The van der Waals surface area contributed by atoms with E-state index in [1.54, 1.807) is 0 Å². The smallest absolute Gasteiger partial charge is 0.220 e. The minimum Gasteiger partial charge on any atom is -0.369 e. The van der Waals surface area contributed by atoms with Crippen LogP contribution in [0.15, 0.2) is 18.5 Å². The zero-order valence-corrected chi connectivity index (χ0v) is 13.4. The van der Waals surface area contributed by atoms with Gasteiger partial charge in [-0.2, -0.15) is 0 Å². The standard InChI is InChI=1S/C17H21N5O/c1-3-10-6-11(16(18)23)7-14(10)22-9(2)21-13-8-20-17-12(15(13)22)4-5-19-17/h4-5,8,10-11,14H,3,6-7H2,1-2H3,(H2,18,23)(H,19,20)/t10-,11+,14+/m1/s1. The van der Waals surface area contributed by atoms with Crippen LogP contribution >= 0.6 is 0 Å². The molecule has 3 N–H and O–H groups in total. The number of aromatic nitrogens is 4. The summed E-state index contributed by atoms with van der Waals surface area (Å²) in [5.74, 6) is 1.21. The summed E-state index contributed by atoms with van der Waals surface area (Å²) in [6.07, 6.45) is 6.43. The number of H-pyrrole nitrogens is 1. The van der Waals surface area contributed by atoms with E-state index < -0.39 is 0 Å². The molecule has 120 valence electrons. The van der Waals surface area contributed by atoms with Gasteiger partial charge < -0.3 is 15.3 Å². The zero-order chi connectivity index (χ0) is 16.1. The molecule has 3 aromatic rings. The predicted octanol–water partition coefficient (Wildman–Crippen LogP) is 2.68. The largest absolute Gasteiger partial charge is 0.369 e. The van der Waals surface area contributed by atoms with Gasteiger partial charge in [-0.05, 0) is 31.7 Å². The van der Waals surface area contributed by atoms with Crippen molar-refractivity contribution in [2.24, 2.45) is 17.6 Å². The maximum absolute atomic E-state index is 11.7. The van der Waals surface area contributed by atoms with E-state index in [1.807, 2.05) is 25.4 Å². The molecule has 6 heteroatoms. The average Bonchev–Trinajstić information content (AvgIpc) is 3.20. The molecule has 0 bridgehead atoms. The van der Waals surface area contributed by atoms with Crippen molar-refractivity contribution < 1.29 is 4.79 Å². The third-order valence-electron chi connectivity index (χ3n) is 5.33. The van der Waals surface area contributed by atoms with Crippen LogP contribution in [-0.4, -0.2) is 25.4 Å². The summed E-state index contributed by atoms with van der Waals surface area (Å²) in [7, 11) is 0. The molecule has 6 nitrogen and oxygen atoms in total. The molecule has 0 unspecified atom stereocenters. The van der Waals surface area contributed by atoms with Gasteiger partial charge in [0.25, 0.3) is 0 Å². The fraction of sp³-hybridized carbons (Fsp3) is 0.471. The van der Waals surface area contributed by atoms with E-state index >= 15 is 0 Å². The molecule has 23 heavy (non-hydrogen) atoms. The number of aryl methyl sites for hydroxylation is 1. The number of pyridine rings is 1. The lowest BCUT2D eigenvalue weighted by molar-refractivity contribution is -0.121. The van der Waals surface area contributed by atoms with E-state index in [-0.39, 0.29) is 17.9 Å². The summed E-state index contributed by atoms with van der Waals surface area (Å²) < 4.78 is 2.31. The van der Waals surface area contributed by atoms with Crippen LogP contribution in [0.3, 0.4) is 0 Å². The molecule has 1 fully saturated rings. The number of fused-ring (bicyclic) bond motifs is 3. The van der Waals surface area contributed by atoms with Crippen LogP contribution in [0.5, 0.6) is 0 Å². The van der Waals surface area contributed by atoms with Crippen molar-refractivity contribution in [2.75, 3.05) is 0 Å². The molecular weight excluding hydrogens is 290 g/mol. The number of hydrogen-bond donors (Lipinski definition) is 2. The maximum Gasteiger partial charge on any atom is 0.220 e. The lowest BCUT2D eigenvalue weighted by Gasteiger charge is -2.22. The number of primary amides is 1. The first kappa shape index (κ1) is 14.2. The number of carbonyl (C=O) groups is 1. The first-order valence-electron chi connectivity index (χ1n) is 8.20. The lowest BCUT2D eigenvalue weighted by atomic mass is 9.99. The highest BCUT2D eigenvalue weighted by Crippen LogP contribution is 2.44. The Morgan fingerprint density at radius 2 is 2.30 bits per heavy atom. The van der Waals surface area contributed by atoms with Crippen LogP contribution in [-0.2, 0) is 4.79 Å². The van der Waals surface area contributed by atoms with Gasteiger partial charge in [-0.15, -0.1) is 0 Å². The Kier molecular flexibility index (Phi) is 3.14. The third-order valence-corrected chi connectivity index (χ3v) is 5.33. The summed E-state index contributed by atoms with van der Waals surface area (Å²) in [5, 5.41) is 1.08. The summed E-state index contributed by atoms with van der Waals surface area (Å²) in [6, 6.07) is 2.31. The number of aromatic amines is 1. The van der Waals surface area contributed by atoms with Crippen LogP contribution < -0.4 is 5.73 Å². The first-order valence-corrected chi connectivity index (χ1v) is 8.20. The Morgan fingerprint density at radius 1 is 1.48 bits per heavy atom. The number of nitrogens with one attached hydrogen (secondary N) is 1. The van der Waals surface area contributed by atoms with E-state index in [0.29, 0.717) is 5.92 Å². The quantitative estimate of drug-likeness (QED) is 0.779. The summed E-state index contributed by atoms with van der Waals surface area (Å²) >= 11 is 0. The van der Waals surface area contributed by atoms with Gasteiger partial charge in [-0.3, -0.25) is 4.79 Å². The number of hydrogen-bond acceptors (Lipinski definition) is 3.